The Morgan fingerprint density at radius 2 is 2.31 bits per heavy atom. The summed E-state index contributed by atoms with van der Waals surface area (Å²) < 4.78 is 18.3. The van der Waals surface area contributed by atoms with E-state index in [4.69, 9.17) is 5.73 Å². The number of rotatable bonds is 3. The maximum Gasteiger partial charge on any atom is 0.174 e. The zero-order valence-corrected chi connectivity index (χ0v) is 10.2. The fourth-order valence-corrected chi connectivity index (χ4v) is 2.59. The summed E-state index contributed by atoms with van der Waals surface area (Å²) in [5.41, 5.74) is 6.47. The molecule has 0 saturated carbocycles. The third-order valence-electron chi connectivity index (χ3n) is 2.02. The third-order valence-corrected chi connectivity index (χ3v) is 3.79. The summed E-state index contributed by atoms with van der Waals surface area (Å²) in [5, 5.41) is 0. The van der Waals surface area contributed by atoms with Gasteiger partial charge in [-0.05, 0) is 36.2 Å². The Labute approximate surface area is 101 Å². The lowest BCUT2D eigenvalue weighted by atomic mass is 10.1. The van der Waals surface area contributed by atoms with Crippen molar-refractivity contribution in [2.24, 2.45) is 5.73 Å². The minimum absolute atomic E-state index is 0.157. The van der Waals surface area contributed by atoms with Gasteiger partial charge in [0.1, 0.15) is 12.1 Å². The standard InChI is InChI=1S/C10H10FN3S2/c1-6(12)7-2-3-9(8(11)4-7)15-10-13-5-14-16-10/h2-6H,12H2,1H3/t6-/m1/s1. The second-order valence-corrected chi connectivity index (χ2v) is 5.36. The molecule has 16 heavy (non-hydrogen) atoms. The molecule has 2 rings (SSSR count). The van der Waals surface area contributed by atoms with Gasteiger partial charge < -0.3 is 5.73 Å². The van der Waals surface area contributed by atoms with Crippen LogP contribution in [0.4, 0.5) is 4.39 Å². The highest BCUT2D eigenvalue weighted by Crippen LogP contribution is 2.31. The van der Waals surface area contributed by atoms with Crippen LogP contribution in [-0.4, -0.2) is 9.36 Å². The Bertz CT molecular complexity index is 471. The molecule has 0 saturated heterocycles. The molecular formula is C10H10FN3S2. The summed E-state index contributed by atoms with van der Waals surface area (Å²) in [6.45, 7) is 1.83. The van der Waals surface area contributed by atoms with E-state index in [1.54, 1.807) is 6.07 Å². The summed E-state index contributed by atoms with van der Waals surface area (Å²) in [7, 11) is 0. The van der Waals surface area contributed by atoms with Crippen LogP contribution in [0.3, 0.4) is 0 Å². The van der Waals surface area contributed by atoms with Crippen LogP contribution in [0.5, 0.6) is 0 Å². The first-order chi connectivity index (χ1) is 7.66. The van der Waals surface area contributed by atoms with Crippen molar-refractivity contribution in [2.75, 3.05) is 0 Å². The topological polar surface area (TPSA) is 51.8 Å². The van der Waals surface area contributed by atoms with Crippen LogP contribution in [0.25, 0.3) is 0 Å². The van der Waals surface area contributed by atoms with Crippen LogP contribution in [0.2, 0.25) is 0 Å². The van der Waals surface area contributed by atoms with Gasteiger partial charge in [-0.25, -0.2) is 9.37 Å². The van der Waals surface area contributed by atoms with E-state index in [1.165, 1.54) is 35.7 Å². The van der Waals surface area contributed by atoms with Gasteiger partial charge in [-0.15, -0.1) is 0 Å². The lowest BCUT2D eigenvalue weighted by molar-refractivity contribution is 0.596. The van der Waals surface area contributed by atoms with Gasteiger partial charge in [0.15, 0.2) is 4.34 Å². The first-order valence-corrected chi connectivity index (χ1v) is 6.25. The SMILES string of the molecule is C[C@@H](N)c1ccc(Sc2ncns2)c(F)c1. The normalized spacial score (nSPS) is 12.7. The number of hydrogen-bond acceptors (Lipinski definition) is 5. The molecule has 0 radical (unpaired) electrons. The maximum atomic E-state index is 13.7. The molecule has 0 aliphatic carbocycles. The quantitative estimate of drug-likeness (QED) is 0.916. The summed E-state index contributed by atoms with van der Waals surface area (Å²) in [6.07, 6.45) is 1.46. The van der Waals surface area contributed by atoms with Crippen LogP contribution in [0.15, 0.2) is 33.8 Å². The van der Waals surface area contributed by atoms with Crippen molar-refractivity contribution in [3.63, 3.8) is 0 Å². The van der Waals surface area contributed by atoms with Crippen LogP contribution in [0.1, 0.15) is 18.5 Å². The average molecular weight is 255 g/mol. The molecule has 0 aliphatic heterocycles. The monoisotopic (exact) mass is 255 g/mol. The number of nitrogens with zero attached hydrogens (tertiary/aromatic N) is 2. The summed E-state index contributed by atoms with van der Waals surface area (Å²) in [5.74, 6) is -0.269. The highest BCUT2D eigenvalue weighted by Gasteiger charge is 2.09. The Morgan fingerprint density at radius 1 is 1.50 bits per heavy atom. The first-order valence-electron chi connectivity index (χ1n) is 4.66. The largest absolute Gasteiger partial charge is 0.324 e. The molecular weight excluding hydrogens is 245 g/mol. The molecule has 2 aromatic rings. The summed E-state index contributed by atoms with van der Waals surface area (Å²) in [4.78, 5) is 4.53. The highest BCUT2D eigenvalue weighted by molar-refractivity contribution is 8.01. The van der Waals surface area contributed by atoms with Crippen LogP contribution >= 0.6 is 23.3 Å². The van der Waals surface area contributed by atoms with Gasteiger partial charge in [0.2, 0.25) is 0 Å². The van der Waals surface area contributed by atoms with Gasteiger partial charge >= 0.3 is 0 Å². The maximum absolute atomic E-state index is 13.7. The first kappa shape index (κ1) is 11.5. The molecule has 1 aromatic heterocycles. The molecule has 0 unspecified atom stereocenters. The van der Waals surface area contributed by atoms with Crippen molar-refractivity contribution >= 4 is 23.3 Å². The Hall–Kier alpha value is -0.980. The molecule has 3 nitrogen and oxygen atoms in total. The molecule has 0 amide bonds. The second-order valence-electron chi connectivity index (χ2n) is 3.29. The van der Waals surface area contributed by atoms with Gasteiger partial charge in [0.25, 0.3) is 0 Å². The lowest BCUT2D eigenvalue weighted by Crippen LogP contribution is -2.05. The smallest absolute Gasteiger partial charge is 0.174 e. The van der Waals surface area contributed by atoms with Crippen LogP contribution < -0.4 is 5.73 Å². The Morgan fingerprint density at radius 3 is 2.88 bits per heavy atom. The fourth-order valence-electron chi connectivity index (χ4n) is 1.19. The number of nitrogens with two attached hydrogens (primary N) is 1. The predicted molar refractivity (Wildman–Crippen MR) is 63.0 cm³/mol. The molecule has 1 aromatic carbocycles. The number of aromatic nitrogens is 2. The number of benzene rings is 1. The van der Waals surface area contributed by atoms with Crippen molar-refractivity contribution in [1.29, 1.82) is 0 Å². The predicted octanol–water partition coefficient (Wildman–Crippen LogP) is 2.85. The molecule has 2 N–H and O–H groups in total. The molecule has 0 aliphatic rings. The Kier molecular flexibility index (Phi) is 3.52. The van der Waals surface area contributed by atoms with Crippen molar-refractivity contribution in [3.8, 4) is 0 Å². The molecule has 0 fully saturated rings. The van der Waals surface area contributed by atoms with Crippen LogP contribution in [-0.2, 0) is 0 Å². The number of hydrogen-bond donors (Lipinski definition) is 1. The van der Waals surface area contributed by atoms with E-state index in [2.05, 4.69) is 9.36 Å². The fraction of sp³-hybridized carbons (Fsp3) is 0.200. The summed E-state index contributed by atoms with van der Waals surface area (Å²) >= 11 is 2.52. The van der Waals surface area contributed by atoms with E-state index in [0.717, 1.165) is 9.90 Å². The van der Waals surface area contributed by atoms with E-state index >= 15 is 0 Å². The van der Waals surface area contributed by atoms with E-state index in [1.807, 2.05) is 13.0 Å². The van der Waals surface area contributed by atoms with Gasteiger partial charge in [0.05, 0.1) is 4.90 Å². The van der Waals surface area contributed by atoms with Gasteiger partial charge in [-0.3, -0.25) is 0 Å². The molecule has 0 spiro atoms. The zero-order chi connectivity index (χ0) is 11.5. The second kappa shape index (κ2) is 4.90. The minimum atomic E-state index is -0.269. The average Bonchev–Trinajstić information content (AvgIpc) is 2.73. The van der Waals surface area contributed by atoms with Gasteiger partial charge in [0, 0.05) is 6.04 Å². The number of halogens is 1. The minimum Gasteiger partial charge on any atom is -0.324 e. The van der Waals surface area contributed by atoms with Gasteiger partial charge in [-0.1, -0.05) is 17.8 Å². The molecule has 1 atom stereocenters. The van der Waals surface area contributed by atoms with Crippen molar-refractivity contribution < 1.29 is 4.39 Å². The van der Waals surface area contributed by atoms with E-state index in [-0.39, 0.29) is 11.9 Å². The van der Waals surface area contributed by atoms with E-state index < -0.39 is 0 Å². The highest BCUT2D eigenvalue weighted by atomic mass is 32.2. The van der Waals surface area contributed by atoms with E-state index in [0.29, 0.717) is 4.90 Å². The summed E-state index contributed by atoms with van der Waals surface area (Å²) in [6, 6.07) is 4.86. The van der Waals surface area contributed by atoms with E-state index in [9.17, 15) is 4.39 Å². The van der Waals surface area contributed by atoms with Crippen LogP contribution in [0, 0.1) is 5.82 Å². The lowest BCUT2D eigenvalue weighted by Gasteiger charge is -2.07. The third kappa shape index (κ3) is 2.58. The molecule has 0 bridgehead atoms. The van der Waals surface area contributed by atoms with Crippen molar-refractivity contribution in [2.45, 2.75) is 22.2 Å². The van der Waals surface area contributed by atoms with Crippen molar-refractivity contribution in [1.82, 2.24) is 9.36 Å². The van der Waals surface area contributed by atoms with Crippen molar-refractivity contribution in [3.05, 3.63) is 35.9 Å². The van der Waals surface area contributed by atoms with Gasteiger partial charge in [-0.2, -0.15) is 4.37 Å². The zero-order valence-electron chi connectivity index (χ0n) is 8.55. The molecule has 1 heterocycles. The Balaban J connectivity index is 2.23. The molecule has 84 valence electrons. The molecule has 6 heteroatoms.